The maximum absolute atomic E-state index is 9.75. The molecule has 1 N–H and O–H groups in total. The number of H-pyrrole nitrogens is 1. The van der Waals surface area contributed by atoms with E-state index >= 15 is 0 Å². The minimum absolute atomic E-state index is 0. The second-order valence-corrected chi connectivity index (χ2v) is 1.09. The number of aromatic amines is 1. The molecular weight excluding hydrogens is 151 g/mol. The summed E-state index contributed by atoms with van der Waals surface area (Å²) in [7, 11) is 0. The van der Waals surface area contributed by atoms with Crippen molar-refractivity contribution in [3.05, 3.63) is 16.3 Å². The van der Waals surface area contributed by atoms with Crippen molar-refractivity contribution in [3.63, 3.8) is 0 Å². The number of rotatable bonds is 1. The molecule has 1 rings (SSSR count). The molecule has 7 heteroatoms. The Balaban J connectivity index is 0.000000640. The Kier molecular flexibility index (Phi) is 4.15. The van der Waals surface area contributed by atoms with Crippen LogP contribution in [-0.4, -0.2) is 71.7 Å². The smallest absolute Gasteiger partial charge is 0.358 e. The molecule has 0 saturated heterocycles. The SMILES string of the molecule is O=[N+]([O-])c1cn[nH]n1.[K]. The van der Waals surface area contributed by atoms with Gasteiger partial charge in [-0.25, -0.2) is 0 Å². The largest absolute Gasteiger partial charge is 0.410 e. The van der Waals surface area contributed by atoms with Crippen LogP contribution in [0.3, 0.4) is 0 Å². The average molecular weight is 153 g/mol. The summed E-state index contributed by atoms with van der Waals surface area (Å²) in [5.74, 6) is -0.259. The van der Waals surface area contributed by atoms with E-state index in [1.165, 1.54) is 0 Å². The van der Waals surface area contributed by atoms with Gasteiger partial charge in [0.1, 0.15) is 0 Å². The Bertz CT molecular complexity index is 184. The summed E-state index contributed by atoms with van der Waals surface area (Å²) in [6, 6.07) is 0. The van der Waals surface area contributed by atoms with Gasteiger partial charge in [-0.15, -0.1) is 10.3 Å². The van der Waals surface area contributed by atoms with Crippen LogP contribution in [0.1, 0.15) is 0 Å². The number of nitrogens with zero attached hydrogens (tertiary/aromatic N) is 3. The van der Waals surface area contributed by atoms with Crippen LogP contribution in [0.2, 0.25) is 0 Å². The van der Waals surface area contributed by atoms with E-state index < -0.39 is 4.92 Å². The van der Waals surface area contributed by atoms with Gasteiger partial charge in [0.15, 0.2) is 6.20 Å². The van der Waals surface area contributed by atoms with Crippen molar-refractivity contribution in [3.8, 4) is 0 Å². The van der Waals surface area contributed by atoms with Gasteiger partial charge >= 0.3 is 5.82 Å². The molecule has 1 aromatic heterocycles. The fourth-order valence-corrected chi connectivity index (χ4v) is 0.284. The molecule has 0 aromatic carbocycles. The first kappa shape index (κ1) is 9.18. The summed E-state index contributed by atoms with van der Waals surface area (Å²) in [5, 5.41) is 18.3. The first-order valence-corrected chi connectivity index (χ1v) is 1.81. The quantitative estimate of drug-likeness (QED) is 0.329. The van der Waals surface area contributed by atoms with Crippen LogP contribution < -0.4 is 0 Å². The summed E-state index contributed by atoms with van der Waals surface area (Å²) >= 11 is 0. The summed E-state index contributed by atoms with van der Waals surface area (Å²) in [5.41, 5.74) is 0. The van der Waals surface area contributed by atoms with Gasteiger partial charge in [-0.05, 0) is 4.92 Å². The molecule has 0 saturated carbocycles. The standard InChI is InChI=1S/C2H2N4O2.K/c7-6(8)2-1-3-5-4-2;/h1H,(H,3,4,5);. The van der Waals surface area contributed by atoms with Gasteiger partial charge in [0.05, 0.1) is 5.10 Å². The van der Waals surface area contributed by atoms with Gasteiger partial charge < -0.3 is 10.1 Å². The Morgan fingerprint density at radius 1 is 1.78 bits per heavy atom. The predicted octanol–water partition coefficient (Wildman–Crippen LogP) is -0.668. The minimum Gasteiger partial charge on any atom is -0.358 e. The summed E-state index contributed by atoms with van der Waals surface area (Å²) in [6.45, 7) is 0. The third-order valence-electron chi connectivity index (χ3n) is 0.589. The van der Waals surface area contributed by atoms with Gasteiger partial charge in [0, 0.05) is 51.4 Å². The van der Waals surface area contributed by atoms with Crippen LogP contribution in [0.5, 0.6) is 0 Å². The van der Waals surface area contributed by atoms with E-state index in [1.54, 1.807) is 0 Å². The zero-order valence-corrected chi connectivity index (χ0v) is 7.86. The van der Waals surface area contributed by atoms with E-state index in [4.69, 9.17) is 0 Å². The van der Waals surface area contributed by atoms with E-state index in [0.717, 1.165) is 6.20 Å². The Hall–Kier alpha value is 0.176. The number of hydrogen-bond donors (Lipinski definition) is 1. The molecule has 0 spiro atoms. The molecule has 0 aliphatic heterocycles. The second-order valence-electron chi connectivity index (χ2n) is 1.09. The van der Waals surface area contributed by atoms with E-state index in [2.05, 4.69) is 15.4 Å². The first-order chi connectivity index (χ1) is 3.80. The van der Waals surface area contributed by atoms with Crippen LogP contribution in [0.25, 0.3) is 0 Å². The van der Waals surface area contributed by atoms with Crippen LogP contribution in [0.15, 0.2) is 6.20 Å². The van der Waals surface area contributed by atoms with Crippen molar-refractivity contribution < 1.29 is 4.92 Å². The topological polar surface area (TPSA) is 84.7 Å². The zero-order valence-electron chi connectivity index (χ0n) is 4.74. The molecule has 6 nitrogen and oxygen atoms in total. The molecule has 1 radical (unpaired) electrons. The van der Waals surface area contributed by atoms with Crippen LogP contribution in [0.4, 0.5) is 5.82 Å². The van der Waals surface area contributed by atoms with E-state index in [0.29, 0.717) is 0 Å². The van der Waals surface area contributed by atoms with E-state index in [9.17, 15) is 10.1 Å². The molecule has 43 valence electrons. The Morgan fingerprint density at radius 2 is 2.44 bits per heavy atom. The number of aromatic nitrogens is 3. The van der Waals surface area contributed by atoms with Gasteiger partial charge in [-0.3, -0.25) is 0 Å². The van der Waals surface area contributed by atoms with Crippen molar-refractivity contribution in [1.82, 2.24) is 15.4 Å². The van der Waals surface area contributed by atoms with Crippen LogP contribution >= 0.6 is 0 Å². The van der Waals surface area contributed by atoms with Gasteiger partial charge in [-0.1, -0.05) is 0 Å². The second kappa shape index (κ2) is 4.07. The molecule has 9 heavy (non-hydrogen) atoms. The molecule has 0 amide bonds. The summed E-state index contributed by atoms with van der Waals surface area (Å²) in [4.78, 5) is 9.12. The van der Waals surface area contributed by atoms with Crippen LogP contribution in [-0.2, 0) is 0 Å². The Labute approximate surface area is 92.6 Å². The van der Waals surface area contributed by atoms with Crippen molar-refractivity contribution in [1.29, 1.82) is 0 Å². The minimum atomic E-state index is -0.622. The molecule has 1 heterocycles. The average Bonchev–Trinajstić information content (AvgIpc) is 2.12. The normalized spacial score (nSPS) is 8.00. The molecule has 0 unspecified atom stereocenters. The van der Waals surface area contributed by atoms with Crippen molar-refractivity contribution in [2.45, 2.75) is 0 Å². The fourth-order valence-electron chi connectivity index (χ4n) is 0.284. The predicted molar refractivity (Wildman–Crippen MR) is 28.8 cm³/mol. The van der Waals surface area contributed by atoms with Crippen LogP contribution in [0, 0.1) is 10.1 Å². The van der Waals surface area contributed by atoms with Gasteiger partial charge in [-0.2, -0.15) is 0 Å². The molecule has 0 aliphatic carbocycles. The number of nitro groups is 1. The van der Waals surface area contributed by atoms with Crippen molar-refractivity contribution in [2.24, 2.45) is 0 Å². The third-order valence-corrected chi connectivity index (χ3v) is 0.589. The summed E-state index contributed by atoms with van der Waals surface area (Å²) < 4.78 is 0. The molecule has 0 fully saturated rings. The molecule has 0 aliphatic rings. The van der Waals surface area contributed by atoms with Gasteiger partial charge in [0.25, 0.3) is 0 Å². The van der Waals surface area contributed by atoms with E-state index in [-0.39, 0.29) is 57.2 Å². The van der Waals surface area contributed by atoms with Gasteiger partial charge in [0.2, 0.25) is 0 Å². The van der Waals surface area contributed by atoms with E-state index in [1.807, 2.05) is 0 Å². The third kappa shape index (κ3) is 2.50. The van der Waals surface area contributed by atoms with Crippen molar-refractivity contribution in [2.75, 3.05) is 0 Å². The Morgan fingerprint density at radius 3 is 2.67 bits per heavy atom. The first-order valence-electron chi connectivity index (χ1n) is 1.81. The number of nitrogens with one attached hydrogen (secondary N) is 1. The van der Waals surface area contributed by atoms with Crippen molar-refractivity contribution >= 4 is 57.2 Å². The maximum atomic E-state index is 9.75. The molecule has 1 aromatic rings. The molecule has 0 atom stereocenters. The maximum Gasteiger partial charge on any atom is 0.410 e. The monoisotopic (exact) mass is 153 g/mol. The zero-order chi connectivity index (χ0) is 5.98. The summed E-state index contributed by atoms with van der Waals surface area (Å²) in [6.07, 6.45) is 1.04. The number of hydrogen-bond acceptors (Lipinski definition) is 4. The molecule has 0 bridgehead atoms. The fraction of sp³-hybridized carbons (Fsp3) is 0. The molecular formula is C2H2KN4O2.